The van der Waals surface area contributed by atoms with E-state index in [-0.39, 0.29) is 0 Å². The first-order valence-electron chi connectivity index (χ1n) is 21.0. The van der Waals surface area contributed by atoms with Crippen molar-refractivity contribution in [3.05, 3.63) is 237 Å². The van der Waals surface area contributed by atoms with Crippen molar-refractivity contribution in [3.8, 4) is 89.7 Å². The Bertz CT molecular complexity index is 3230. The van der Waals surface area contributed by atoms with Gasteiger partial charge in [0.15, 0.2) is 5.82 Å². The number of pyridine rings is 1. The maximum Gasteiger partial charge on any atom is 0.160 e. The first kappa shape index (κ1) is 36.8. The molecule has 0 aliphatic rings. The van der Waals surface area contributed by atoms with Crippen molar-refractivity contribution in [1.82, 2.24) is 15.0 Å². The molecule has 11 aromatic rings. The van der Waals surface area contributed by atoms with Crippen molar-refractivity contribution >= 4 is 21.7 Å². The van der Waals surface area contributed by atoms with Crippen LogP contribution in [0.5, 0.6) is 0 Å². The van der Waals surface area contributed by atoms with Crippen LogP contribution in [0.3, 0.4) is 0 Å². The molecule has 3 heteroatoms. The van der Waals surface area contributed by atoms with Gasteiger partial charge in [-0.25, -0.2) is 15.0 Å². The number of fused-ring (bicyclic) bond motifs is 3. The van der Waals surface area contributed by atoms with Gasteiger partial charge in [0.05, 0.1) is 22.6 Å². The monoisotopic (exact) mass is 789 g/mol. The Morgan fingerprint density at radius 2 is 0.629 bits per heavy atom. The van der Waals surface area contributed by atoms with E-state index < -0.39 is 0 Å². The van der Waals surface area contributed by atoms with Crippen molar-refractivity contribution in [2.75, 3.05) is 0 Å². The van der Waals surface area contributed by atoms with E-state index in [9.17, 15) is 0 Å². The molecule has 0 atom stereocenters. The van der Waals surface area contributed by atoms with Crippen molar-refractivity contribution in [2.24, 2.45) is 0 Å². The van der Waals surface area contributed by atoms with Gasteiger partial charge in [-0.3, -0.25) is 0 Å². The molecule has 0 N–H and O–H groups in total. The van der Waals surface area contributed by atoms with Crippen LogP contribution in [-0.2, 0) is 0 Å². The molecule has 0 aliphatic heterocycles. The standard InChI is InChI=1S/C59H39N3/c1-4-13-40(14-5-1)42-23-31-47(32-24-42)55-39-56(62-59(61-55)50-37-29-43(30-38-50)41-15-6-2-7-16-41)48-33-25-44(26-34-48)45-27-35-49(36-28-45)58-53-21-12-20-51(46-17-8-3-9-18-46)57(53)52-19-10-11-22-54(52)60-58/h1-39H. The van der Waals surface area contributed by atoms with E-state index in [4.69, 9.17) is 15.0 Å². The Morgan fingerprint density at radius 1 is 0.242 bits per heavy atom. The Balaban J connectivity index is 0.934. The zero-order chi connectivity index (χ0) is 41.2. The van der Waals surface area contributed by atoms with E-state index in [2.05, 4.69) is 224 Å². The minimum Gasteiger partial charge on any atom is -0.247 e. The first-order chi connectivity index (χ1) is 30.7. The summed E-state index contributed by atoms with van der Waals surface area (Å²) in [6, 6.07) is 83.4. The third-order valence-corrected chi connectivity index (χ3v) is 11.7. The van der Waals surface area contributed by atoms with Crippen LogP contribution in [0.1, 0.15) is 0 Å². The number of rotatable bonds is 8. The summed E-state index contributed by atoms with van der Waals surface area (Å²) in [4.78, 5) is 15.5. The van der Waals surface area contributed by atoms with E-state index in [1.165, 1.54) is 33.2 Å². The minimum atomic E-state index is 0.689. The molecule has 290 valence electrons. The topological polar surface area (TPSA) is 38.7 Å². The second kappa shape index (κ2) is 16.1. The summed E-state index contributed by atoms with van der Waals surface area (Å²) in [6.45, 7) is 0. The van der Waals surface area contributed by atoms with Crippen LogP contribution in [0.2, 0.25) is 0 Å². The molecule has 2 aromatic heterocycles. The first-order valence-corrected chi connectivity index (χ1v) is 21.0. The average molecular weight is 790 g/mol. The van der Waals surface area contributed by atoms with Crippen molar-refractivity contribution < 1.29 is 0 Å². The summed E-state index contributed by atoms with van der Waals surface area (Å²) < 4.78 is 0. The van der Waals surface area contributed by atoms with Crippen LogP contribution in [-0.4, -0.2) is 15.0 Å². The summed E-state index contributed by atoms with van der Waals surface area (Å²) in [5.41, 5.74) is 17.2. The van der Waals surface area contributed by atoms with Crippen LogP contribution in [0, 0.1) is 0 Å². The fourth-order valence-corrected chi connectivity index (χ4v) is 8.51. The molecule has 0 aliphatic carbocycles. The van der Waals surface area contributed by atoms with Crippen molar-refractivity contribution in [3.63, 3.8) is 0 Å². The van der Waals surface area contributed by atoms with Gasteiger partial charge in [-0.1, -0.05) is 224 Å². The van der Waals surface area contributed by atoms with E-state index >= 15 is 0 Å². The highest BCUT2D eigenvalue weighted by molar-refractivity contribution is 6.17. The minimum absolute atomic E-state index is 0.689. The number of nitrogens with zero attached hydrogens (tertiary/aromatic N) is 3. The molecule has 0 saturated carbocycles. The number of para-hydroxylation sites is 1. The molecule has 0 radical (unpaired) electrons. The van der Waals surface area contributed by atoms with E-state index in [0.717, 1.165) is 72.3 Å². The molecule has 0 spiro atoms. The molecule has 2 heterocycles. The molecule has 0 fully saturated rings. The fraction of sp³-hybridized carbons (Fsp3) is 0. The summed E-state index contributed by atoms with van der Waals surface area (Å²) in [7, 11) is 0. The van der Waals surface area contributed by atoms with Gasteiger partial charge >= 0.3 is 0 Å². The summed E-state index contributed by atoms with van der Waals surface area (Å²) in [6.07, 6.45) is 0. The van der Waals surface area contributed by atoms with Crippen LogP contribution in [0.25, 0.3) is 111 Å². The highest BCUT2D eigenvalue weighted by atomic mass is 14.9. The highest BCUT2D eigenvalue weighted by Gasteiger charge is 2.16. The molecule has 3 nitrogen and oxygen atoms in total. The molecule has 11 rings (SSSR count). The molecular formula is C59H39N3. The van der Waals surface area contributed by atoms with Crippen molar-refractivity contribution in [1.29, 1.82) is 0 Å². The average Bonchev–Trinajstić information content (AvgIpc) is 3.37. The summed E-state index contributed by atoms with van der Waals surface area (Å²) in [5, 5.41) is 3.53. The SMILES string of the molecule is c1ccc(-c2ccc(-c3cc(-c4ccc(-c5ccc(-c6nc7ccccc7c7c(-c8ccccc8)cccc67)cc5)cc4)nc(-c4ccc(-c5ccccc5)cc4)n3)cc2)cc1. The van der Waals surface area contributed by atoms with E-state index in [1.807, 2.05) is 12.1 Å². The van der Waals surface area contributed by atoms with Crippen LogP contribution < -0.4 is 0 Å². The zero-order valence-corrected chi connectivity index (χ0v) is 33.9. The molecule has 0 amide bonds. The molecule has 0 unspecified atom stereocenters. The zero-order valence-electron chi connectivity index (χ0n) is 33.9. The Hall–Kier alpha value is -8.27. The number of aromatic nitrogens is 3. The van der Waals surface area contributed by atoms with Crippen LogP contribution >= 0.6 is 0 Å². The van der Waals surface area contributed by atoms with Gasteiger partial charge in [0.2, 0.25) is 0 Å². The molecule has 9 aromatic carbocycles. The predicted octanol–water partition coefficient (Wildman–Crippen LogP) is 15.5. The van der Waals surface area contributed by atoms with E-state index in [0.29, 0.717) is 5.82 Å². The maximum absolute atomic E-state index is 5.24. The maximum atomic E-state index is 5.24. The number of benzene rings is 9. The quantitative estimate of drug-likeness (QED) is 0.144. The Morgan fingerprint density at radius 3 is 1.15 bits per heavy atom. The third kappa shape index (κ3) is 7.12. The molecular weight excluding hydrogens is 751 g/mol. The normalized spacial score (nSPS) is 11.2. The second-order valence-electron chi connectivity index (χ2n) is 15.6. The molecule has 0 saturated heterocycles. The number of hydrogen-bond donors (Lipinski definition) is 0. The lowest BCUT2D eigenvalue weighted by atomic mass is 9.92. The van der Waals surface area contributed by atoms with Gasteiger partial charge in [0.25, 0.3) is 0 Å². The lowest BCUT2D eigenvalue weighted by Crippen LogP contribution is -1.96. The summed E-state index contributed by atoms with van der Waals surface area (Å²) >= 11 is 0. The van der Waals surface area contributed by atoms with E-state index in [1.54, 1.807) is 0 Å². The fourth-order valence-electron chi connectivity index (χ4n) is 8.51. The van der Waals surface area contributed by atoms with Crippen LogP contribution in [0.15, 0.2) is 237 Å². The van der Waals surface area contributed by atoms with Gasteiger partial charge in [0.1, 0.15) is 0 Å². The van der Waals surface area contributed by atoms with Gasteiger partial charge < -0.3 is 0 Å². The lowest BCUT2D eigenvalue weighted by molar-refractivity contribution is 1.18. The van der Waals surface area contributed by atoms with Gasteiger partial charge in [-0.15, -0.1) is 0 Å². The summed E-state index contributed by atoms with van der Waals surface area (Å²) in [5.74, 6) is 0.689. The molecule has 62 heavy (non-hydrogen) atoms. The van der Waals surface area contributed by atoms with Crippen molar-refractivity contribution in [2.45, 2.75) is 0 Å². The Labute approximate surface area is 361 Å². The Kier molecular flexibility index (Phi) is 9.53. The highest BCUT2D eigenvalue weighted by Crippen LogP contribution is 2.39. The lowest BCUT2D eigenvalue weighted by Gasteiger charge is -2.14. The molecule has 0 bridgehead atoms. The van der Waals surface area contributed by atoms with Gasteiger partial charge in [-0.05, 0) is 56.6 Å². The third-order valence-electron chi connectivity index (χ3n) is 11.7. The largest absolute Gasteiger partial charge is 0.247 e. The van der Waals surface area contributed by atoms with Crippen LogP contribution in [0.4, 0.5) is 0 Å². The number of hydrogen-bond acceptors (Lipinski definition) is 3. The smallest absolute Gasteiger partial charge is 0.160 e. The second-order valence-corrected chi connectivity index (χ2v) is 15.6. The van der Waals surface area contributed by atoms with Gasteiger partial charge in [-0.2, -0.15) is 0 Å². The predicted molar refractivity (Wildman–Crippen MR) is 258 cm³/mol. The van der Waals surface area contributed by atoms with Gasteiger partial charge in [0, 0.05) is 38.4 Å².